The lowest BCUT2D eigenvalue weighted by atomic mass is 10.4. The van der Waals surface area contributed by atoms with E-state index in [0.29, 0.717) is 26.2 Å². The average molecular weight is 318 g/mol. The Bertz CT molecular complexity index is 574. The maximum absolute atomic E-state index is 12.6. The largest absolute Gasteiger partial charge is 0.465 e. The van der Waals surface area contributed by atoms with Gasteiger partial charge in [-0.3, -0.25) is 0 Å². The molecule has 0 aromatic carbocycles. The van der Waals surface area contributed by atoms with Crippen LogP contribution in [-0.4, -0.2) is 63.4 Å². The van der Waals surface area contributed by atoms with Crippen molar-refractivity contribution in [3.63, 3.8) is 0 Å². The maximum Gasteiger partial charge on any atom is 0.349 e. The number of nitrogens with zero attached hydrogens (tertiary/aromatic N) is 2. The van der Waals surface area contributed by atoms with Gasteiger partial charge in [-0.2, -0.15) is 4.31 Å². The van der Waals surface area contributed by atoms with Crippen LogP contribution in [0.3, 0.4) is 0 Å². The predicted octanol–water partition coefficient (Wildman–Crippen LogP) is 0.861. The van der Waals surface area contributed by atoms with Gasteiger partial charge in [0.15, 0.2) is 0 Å². The zero-order chi connectivity index (χ0) is 14.8. The van der Waals surface area contributed by atoms with Crippen molar-refractivity contribution in [2.75, 3.05) is 39.8 Å². The molecule has 0 N–H and O–H groups in total. The quantitative estimate of drug-likeness (QED) is 0.770. The summed E-state index contributed by atoms with van der Waals surface area (Å²) >= 11 is 1.09. The van der Waals surface area contributed by atoms with Crippen LogP contribution in [0.2, 0.25) is 0 Å². The molecule has 1 aromatic heterocycles. The number of carbonyl (C=O) groups excluding carboxylic acids is 1. The van der Waals surface area contributed by atoms with E-state index in [1.165, 1.54) is 17.5 Å². The number of thiophene rings is 1. The molecule has 0 aliphatic carbocycles. The molecule has 1 saturated heterocycles. The summed E-state index contributed by atoms with van der Waals surface area (Å²) in [5.74, 6) is -0.606. The predicted molar refractivity (Wildman–Crippen MR) is 76.5 cm³/mol. The van der Waals surface area contributed by atoms with E-state index in [2.05, 4.69) is 16.6 Å². The Morgan fingerprint density at radius 1 is 1.35 bits per heavy atom. The summed E-state index contributed by atoms with van der Waals surface area (Å²) in [4.78, 5) is 14.0. The molecule has 0 radical (unpaired) electrons. The van der Waals surface area contributed by atoms with E-state index >= 15 is 0 Å². The number of esters is 1. The Hall–Kier alpha value is -0.960. The highest BCUT2D eigenvalue weighted by molar-refractivity contribution is 7.89. The standard InChI is InChI=1S/C12H18N2O4S2/c1-3-13-5-7-14(8-6-13)20(16,17)10-4-9-19-11(10)12(15)18-2/h4,9H,3,5-8H2,1-2H3. The van der Waals surface area contributed by atoms with E-state index in [9.17, 15) is 13.2 Å². The molecule has 0 bridgehead atoms. The normalized spacial score (nSPS) is 18.1. The lowest BCUT2D eigenvalue weighted by Gasteiger charge is -2.33. The van der Waals surface area contributed by atoms with Crippen LogP contribution in [0.15, 0.2) is 16.3 Å². The Labute approximate surface area is 123 Å². The zero-order valence-corrected chi connectivity index (χ0v) is 13.2. The number of likely N-dealkylation sites (N-methyl/N-ethyl adjacent to an activating group) is 1. The molecule has 0 spiro atoms. The van der Waals surface area contributed by atoms with E-state index in [1.54, 1.807) is 5.38 Å². The molecule has 0 amide bonds. The van der Waals surface area contributed by atoms with Crippen LogP contribution < -0.4 is 0 Å². The number of sulfonamides is 1. The number of piperazine rings is 1. The molecule has 6 nitrogen and oxygen atoms in total. The SMILES string of the molecule is CCN1CCN(S(=O)(=O)c2ccsc2C(=O)OC)CC1. The van der Waals surface area contributed by atoms with Crippen LogP contribution in [0.5, 0.6) is 0 Å². The highest BCUT2D eigenvalue weighted by Crippen LogP contribution is 2.26. The maximum atomic E-state index is 12.6. The fraction of sp³-hybridized carbons (Fsp3) is 0.583. The van der Waals surface area contributed by atoms with Gasteiger partial charge < -0.3 is 9.64 Å². The number of methoxy groups -OCH3 is 1. The summed E-state index contributed by atoms with van der Waals surface area (Å²) < 4.78 is 31.3. The van der Waals surface area contributed by atoms with Crippen LogP contribution in [0.4, 0.5) is 0 Å². The van der Waals surface area contributed by atoms with Crippen molar-refractivity contribution in [3.8, 4) is 0 Å². The monoisotopic (exact) mass is 318 g/mol. The summed E-state index contributed by atoms with van der Waals surface area (Å²) in [5, 5.41) is 1.60. The molecule has 20 heavy (non-hydrogen) atoms. The minimum absolute atomic E-state index is 0.0549. The first kappa shape index (κ1) is 15.4. The molecule has 1 aromatic rings. The minimum Gasteiger partial charge on any atom is -0.465 e. The highest BCUT2D eigenvalue weighted by atomic mass is 32.2. The van der Waals surface area contributed by atoms with Crippen molar-refractivity contribution in [2.45, 2.75) is 11.8 Å². The van der Waals surface area contributed by atoms with E-state index in [4.69, 9.17) is 0 Å². The second-order valence-corrected chi connectivity index (χ2v) is 7.27. The molecule has 1 aliphatic heterocycles. The third kappa shape index (κ3) is 2.88. The summed E-state index contributed by atoms with van der Waals surface area (Å²) in [5.41, 5.74) is 0. The van der Waals surface area contributed by atoms with Crippen molar-refractivity contribution < 1.29 is 17.9 Å². The van der Waals surface area contributed by atoms with Crippen LogP contribution in [-0.2, 0) is 14.8 Å². The topological polar surface area (TPSA) is 66.9 Å². The zero-order valence-electron chi connectivity index (χ0n) is 11.5. The molecular weight excluding hydrogens is 300 g/mol. The van der Waals surface area contributed by atoms with Gasteiger partial charge in [0.25, 0.3) is 0 Å². The Balaban J connectivity index is 2.23. The Morgan fingerprint density at radius 3 is 2.55 bits per heavy atom. The van der Waals surface area contributed by atoms with Crippen molar-refractivity contribution >= 4 is 27.3 Å². The van der Waals surface area contributed by atoms with Crippen molar-refractivity contribution in [3.05, 3.63) is 16.3 Å². The lowest BCUT2D eigenvalue weighted by molar-refractivity contribution is 0.0602. The number of hydrogen-bond acceptors (Lipinski definition) is 6. The molecule has 0 atom stereocenters. The summed E-state index contributed by atoms with van der Waals surface area (Å²) in [6.07, 6.45) is 0. The van der Waals surface area contributed by atoms with Crippen LogP contribution in [0.1, 0.15) is 16.6 Å². The second-order valence-electron chi connectivity index (χ2n) is 4.44. The summed E-state index contributed by atoms with van der Waals surface area (Å²) in [6, 6.07) is 1.47. The number of hydrogen-bond donors (Lipinski definition) is 0. The lowest BCUT2D eigenvalue weighted by Crippen LogP contribution is -2.48. The van der Waals surface area contributed by atoms with Gasteiger partial charge in [-0.25, -0.2) is 13.2 Å². The van der Waals surface area contributed by atoms with Crippen molar-refractivity contribution in [1.29, 1.82) is 0 Å². The van der Waals surface area contributed by atoms with Crippen molar-refractivity contribution in [2.24, 2.45) is 0 Å². The smallest absolute Gasteiger partial charge is 0.349 e. The molecule has 0 unspecified atom stereocenters. The summed E-state index contributed by atoms with van der Waals surface area (Å²) in [7, 11) is -2.37. The third-order valence-corrected chi connectivity index (χ3v) is 6.36. The molecule has 8 heteroatoms. The number of ether oxygens (including phenoxy) is 1. The van der Waals surface area contributed by atoms with E-state index in [-0.39, 0.29) is 9.77 Å². The minimum atomic E-state index is -3.62. The van der Waals surface area contributed by atoms with Gasteiger partial charge in [-0.1, -0.05) is 6.92 Å². The van der Waals surface area contributed by atoms with E-state index in [1.807, 2.05) is 0 Å². The van der Waals surface area contributed by atoms with E-state index in [0.717, 1.165) is 17.9 Å². The number of rotatable bonds is 4. The van der Waals surface area contributed by atoms with E-state index < -0.39 is 16.0 Å². The molecule has 0 saturated carbocycles. The van der Waals surface area contributed by atoms with Crippen LogP contribution >= 0.6 is 11.3 Å². The first-order valence-corrected chi connectivity index (χ1v) is 8.71. The molecule has 1 fully saturated rings. The number of carbonyl (C=O) groups is 1. The van der Waals surface area contributed by atoms with Crippen LogP contribution in [0.25, 0.3) is 0 Å². The molecule has 112 valence electrons. The molecular formula is C12H18N2O4S2. The Morgan fingerprint density at radius 2 is 2.00 bits per heavy atom. The van der Waals surface area contributed by atoms with Crippen molar-refractivity contribution in [1.82, 2.24) is 9.21 Å². The first-order valence-electron chi connectivity index (χ1n) is 6.39. The van der Waals surface area contributed by atoms with Gasteiger partial charge >= 0.3 is 5.97 Å². The molecule has 1 aliphatic rings. The van der Waals surface area contributed by atoms with Gasteiger partial charge in [-0.05, 0) is 18.0 Å². The van der Waals surface area contributed by atoms with Gasteiger partial charge in [0, 0.05) is 26.2 Å². The van der Waals surface area contributed by atoms with Gasteiger partial charge in [-0.15, -0.1) is 11.3 Å². The van der Waals surface area contributed by atoms with Crippen LogP contribution in [0, 0.1) is 0 Å². The summed E-state index contributed by atoms with van der Waals surface area (Å²) in [6.45, 7) is 5.30. The average Bonchev–Trinajstić information content (AvgIpc) is 2.96. The van der Waals surface area contributed by atoms with Gasteiger partial charge in [0.05, 0.1) is 7.11 Å². The third-order valence-electron chi connectivity index (χ3n) is 3.40. The van der Waals surface area contributed by atoms with Gasteiger partial charge in [0.1, 0.15) is 9.77 Å². The molecule has 2 rings (SSSR count). The molecule has 2 heterocycles. The fourth-order valence-electron chi connectivity index (χ4n) is 2.17. The second kappa shape index (κ2) is 6.21. The Kier molecular flexibility index (Phi) is 4.79. The first-order chi connectivity index (χ1) is 9.50. The van der Waals surface area contributed by atoms with Gasteiger partial charge in [0.2, 0.25) is 10.0 Å². The fourth-order valence-corrected chi connectivity index (χ4v) is 4.90. The highest BCUT2D eigenvalue weighted by Gasteiger charge is 2.32.